The largest absolute Gasteiger partial charge is 0.207 e. The van der Waals surface area contributed by atoms with Crippen molar-refractivity contribution >= 4 is 11.4 Å². The van der Waals surface area contributed by atoms with E-state index in [2.05, 4.69) is 23.0 Å². The van der Waals surface area contributed by atoms with Gasteiger partial charge >= 0.3 is 0 Å². The zero-order valence-corrected chi connectivity index (χ0v) is 9.37. The predicted octanol–water partition coefficient (Wildman–Crippen LogP) is 2.95. The summed E-state index contributed by atoms with van der Waals surface area (Å²) < 4.78 is 13.2. The topological polar surface area (TPSA) is 24.7 Å². The number of aryl methyl sites for hydroxylation is 1. The number of hydrogen-bond donors (Lipinski definition) is 0. The Morgan fingerprint density at radius 3 is 2.38 bits per heavy atom. The minimum atomic E-state index is -0.185. The summed E-state index contributed by atoms with van der Waals surface area (Å²) in [5.74, 6) is -0.185. The van der Waals surface area contributed by atoms with E-state index in [1.54, 1.807) is 13.0 Å². The zero-order valence-electron chi connectivity index (χ0n) is 9.37. The van der Waals surface area contributed by atoms with Crippen LogP contribution in [0.2, 0.25) is 0 Å². The van der Waals surface area contributed by atoms with Gasteiger partial charge in [0, 0.05) is 17.7 Å². The fourth-order valence-electron chi connectivity index (χ4n) is 1.39. The first kappa shape index (κ1) is 12.1. The number of benzene rings is 1. The zero-order chi connectivity index (χ0) is 12.1. The van der Waals surface area contributed by atoms with Crippen LogP contribution in [0.1, 0.15) is 24.5 Å². The third-order valence-corrected chi connectivity index (χ3v) is 2.27. The molecule has 0 spiro atoms. The van der Waals surface area contributed by atoms with E-state index in [4.69, 9.17) is 0 Å². The van der Waals surface area contributed by atoms with Crippen LogP contribution in [0, 0.1) is 25.6 Å². The predicted molar refractivity (Wildman–Crippen MR) is 65.3 cm³/mol. The highest BCUT2D eigenvalue weighted by Gasteiger charge is 2.11. The van der Waals surface area contributed by atoms with Gasteiger partial charge in [-0.2, -0.15) is 10.2 Å². The van der Waals surface area contributed by atoms with Gasteiger partial charge in [0.05, 0.1) is 5.71 Å². The Balaban J connectivity index is 0.000000606. The minimum Gasteiger partial charge on any atom is -0.207 e. The summed E-state index contributed by atoms with van der Waals surface area (Å²) in [5, 5.41) is 7.92. The summed E-state index contributed by atoms with van der Waals surface area (Å²) in [7, 11) is 0. The molecular formula is C13H13FN2. The maximum atomic E-state index is 13.2. The van der Waals surface area contributed by atoms with Gasteiger partial charge in [-0.3, -0.25) is 0 Å². The quantitative estimate of drug-likeness (QED) is 0.645. The Kier molecular flexibility index (Phi) is 3.96. The van der Waals surface area contributed by atoms with Gasteiger partial charge in [0.15, 0.2) is 0 Å². The summed E-state index contributed by atoms with van der Waals surface area (Å²) in [4.78, 5) is 0. The number of nitrogens with zero attached hydrogens (tertiary/aromatic N) is 2. The first-order valence-corrected chi connectivity index (χ1v) is 4.86. The molecule has 0 N–H and O–H groups in total. The molecule has 0 unspecified atom stereocenters. The molecule has 0 saturated carbocycles. The van der Waals surface area contributed by atoms with Gasteiger partial charge in [-0.1, -0.05) is 12.1 Å². The third kappa shape index (κ3) is 2.54. The molecule has 3 heteroatoms. The van der Waals surface area contributed by atoms with Crippen LogP contribution in [-0.2, 0) is 0 Å². The summed E-state index contributed by atoms with van der Waals surface area (Å²) >= 11 is 0. The molecule has 0 amide bonds. The molecule has 0 aliphatic carbocycles. The molecule has 0 radical (unpaired) electrons. The van der Waals surface area contributed by atoms with Crippen molar-refractivity contribution in [2.24, 2.45) is 10.2 Å². The van der Waals surface area contributed by atoms with Gasteiger partial charge in [-0.05, 0) is 25.5 Å². The van der Waals surface area contributed by atoms with E-state index in [1.165, 1.54) is 6.07 Å². The van der Waals surface area contributed by atoms with Gasteiger partial charge in [0.25, 0.3) is 0 Å². The first-order valence-electron chi connectivity index (χ1n) is 4.86. The molecule has 1 aliphatic heterocycles. The van der Waals surface area contributed by atoms with Crippen molar-refractivity contribution in [1.82, 2.24) is 0 Å². The van der Waals surface area contributed by atoms with E-state index in [-0.39, 0.29) is 5.82 Å². The van der Waals surface area contributed by atoms with Crippen LogP contribution >= 0.6 is 0 Å². The monoisotopic (exact) mass is 216 g/mol. The summed E-state index contributed by atoms with van der Waals surface area (Å²) in [6.07, 6.45) is 8.72. The Labute approximate surface area is 94.9 Å². The lowest BCUT2D eigenvalue weighted by Gasteiger charge is -2.01. The molecule has 2 rings (SSSR count). The molecule has 1 aromatic carbocycles. The van der Waals surface area contributed by atoms with Crippen molar-refractivity contribution in [3.63, 3.8) is 0 Å². The molecule has 1 heterocycles. The van der Waals surface area contributed by atoms with Gasteiger partial charge in [0.1, 0.15) is 5.82 Å². The Morgan fingerprint density at radius 2 is 1.88 bits per heavy atom. The average Bonchev–Trinajstić information content (AvgIpc) is 2.72. The Bertz CT molecular complexity index is 470. The van der Waals surface area contributed by atoms with Crippen LogP contribution in [0.5, 0.6) is 0 Å². The van der Waals surface area contributed by atoms with Crippen molar-refractivity contribution in [3.05, 3.63) is 35.1 Å². The third-order valence-electron chi connectivity index (χ3n) is 2.27. The maximum Gasteiger partial charge on any atom is 0.126 e. The molecule has 16 heavy (non-hydrogen) atoms. The second-order valence-electron chi connectivity index (χ2n) is 3.52. The summed E-state index contributed by atoms with van der Waals surface area (Å²) in [6.45, 7) is 3.67. The van der Waals surface area contributed by atoms with E-state index in [0.717, 1.165) is 23.4 Å². The molecule has 0 aromatic heterocycles. The molecule has 1 aromatic rings. The lowest BCUT2D eigenvalue weighted by atomic mass is 10.0. The van der Waals surface area contributed by atoms with Gasteiger partial charge < -0.3 is 0 Å². The van der Waals surface area contributed by atoms with Crippen molar-refractivity contribution in [3.8, 4) is 12.8 Å². The van der Waals surface area contributed by atoms with Crippen molar-refractivity contribution in [2.45, 2.75) is 20.3 Å². The molecule has 82 valence electrons. The van der Waals surface area contributed by atoms with E-state index in [9.17, 15) is 4.39 Å². The fourth-order valence-corrected chi connectivity index (χ4v) is 1.39. The van der Waals surface area contributed by atoms with Crippen LogP contribution < -0.4 is 0 Å². The van der Waals surface area contributed by atoms with E-state index in [0.29, 0.717) is 5.56 Å². The van der Waals surface area contributed by atoms with Crippen LogP contribution in [-0.4, -0.2) is 11.4 Å². The Hall–Kier alpha value is -1.95. The molecule has 0 bridgehead atoms. The molecule has 2 nitrogen and oxygen atoms in total. The van der Waals surface area contributed by atoms with Crippen molar-refractivity contribution in [1.29, 1.82) is 0 Å². The average molecular weight is 216 g/mol. The van der Waals surface area contributed by atoms with E-state index in [1.807, 2.05) is 13.0 Å². The second kappa shape index (κ2) is 5.22. The maximum absolute atomic E-state index is 13.2. The number of terminal acetylenes is 1. The number of rotatable bonds is 1. The van der Waals surface area contributed by atoms with Gasteiger partial charge in [-0.15, -0.1) is 12.8 Å². The van der Waals surface area contributed by atoms with E-state index < -0.39 is 0 Å². The highest BCUT2D eigenvalue weighted by Crippen LogP contribution is 2.15. The van der Waals surface area contributed by atoms with Crippen molar-refractivity contribution in [2.75, 3.05) is 0 Å². The van der Waals surface area contributed by atoms with Gasteiger partial charge in [-0.25, -0.2) is 4.39 Å². The summed E-state index contributed by atoms with van der Waals surface area (Å²) in [6, 6.07) is 5.16. The standard InChI is InChI=1S/C11H11FN2.C2H2/c1-7-3-4-9(6-10(7)12)11-5-8(2)13-14-11;1-2/h3-4,6H,5H2,1-2H3;1-2H. The lowest BCUT2D eigenvalue weighted by Crippen LogP contribution is -2.02. The lowest BCUT2D eigenvalue weighted by molar-refractivity contribution is 0.618. The normalized spacial score (nSPS) is 13.6. The molecule has 0 saturated heterocycles. The molecular weight excluding hydrogens is 203 g/mol. The van der Waals surface area contributed by atoms with Crippen molar-refractivity contribution < 1.29 is 4.39 Å². The van der Waals surface area contributed by atoms with Crippen LogP contribution in [0.15, 0.2) is 28.4 Å². The molecule has 1 aliphatic rings. The fraction of sp³-hybridized carbons (Fsp3) is 0.231. The number of hydrogen-bond acceptors (Lipinski definition) is 2. The highest BCUT2D eigenvalue weighted by molar-refractivity contribution is 6.14. The van der Waals surface area contributed by atoms with Crippen LogP contribution in [0.3, 0.4) is 0 Å². The van der Waals surface area contributed by atoms with E-state index >= 15 is 0 Å². The Morgan fingerprint density at radius 1 is 1.19 bits per heavy atom. The van der Waals surface area contributed by atoms with Crippen LogP contribution in [0.4, 0.5) is 4.39 Å². The van der Waals surface area contributed by atoms with Gasteiger partial charge in [0.2, 0.25) is 0 Å². The summed E-state index contributed by atoms with van der Waals surface area (Å²) in [5.41, 5.74) is 3.31. The smallest absolute Gasteiger partial charge is 0.126 e. The highest BCUT2D eigenvalue weighted by atomic mass is 19.1. The SMILES string of the molecule is C#C.CC1=NN=C(c2ccc(C)c(F)c2)C1. The van der Waals surface area contributed by atoms with Crippen LogP contribution in [0.25, 0.3) is 0 Å². The first-order chi connectivity index (χ1) is 7.66. The molecule has 0 atom stereocenters. The minimum absolute atomic E-state index is 0.185. The molecule has 0 fully saturated rings. The number of halogens is 1. The second-order valence-corrected chi connectivity index (χ2v) is 3.52.